The number of nitrogens with one attached hydrogen (secondary N) is 1. The summed E-state index contributed by atoms with van der Waals surface area (Å²) in [5.41, 5.74) is 1.22. The number of rotatable bonds is 3. The fourth-order valence-corrected chi connectivity index (χ4v) is 1.30. The van der Waals surface area contributed by atoms with Gasteiger partial charge in [0.05, 0.1) is 0 Å². The first kappa shape index (κ1) is 11.0. The second kappa shape index (κ2) is 4.99. The summed E-state index contributed by atoms with van der Waals surface area (Å²) in [5.74, 6) is 0.833. The molecule has 0 aliphatic heterocycles. The molecule has 0 spiro atoms. The molecule has 78 valence electrons. The Labute approximate surface area is 86.1 Å². The number of carbonyl (C=O) groups excluding carboxylic acids is 1. The number of hydrogen-bond donors (Lipinski definition) is 1. The van der Waals surface area contributed by atoms with Crippen LogP contribution in [0.15, 0.2) is 23.8 Å². The number of carbonyl (C=O) groups is 1. The number of allylic oxidation sites excluding steroid dienone is 2. The Bertz CT molecular complexity index is 263. The Morgan fingerprint density at radius 3 is 2.86 bits per heavy atom. The molecule has 0 aromatic heterocycles. The largest absolute Gasteiger partial charge is 0.352 e. The molecule has 2 nitrogen and oxygen atoms in total. The van der Waals surface area contributed by atoms with E-state index in [-0.39, 0.29) is 11.8 Å². The van der Waals surface area contributed by atoms with Gasteiger partial charge >= 0.3 is 0 Å². The molecule has 0 aromatic carbocycles. The van der Waals surface area contributed by atoms with Crippen LogP contribution in [0.25, 0.3) is 0 Å². The fourth-order valence-electron chi connectivity index (χ4n) is 1.30. The average Bonchev–Trinajstić information content (AvgIpc) is 2.16. The van der Waals surface area contributed by atoms with Crippen LogP contribution in [-0.2, 0) is 4.79 Å². The van der Waals surface area contributed by atoms with E-state index >= 15 is 0 Å². The van der Waals surface area contributed by atoms with Crippen LogP contribution in [0.4, 0.5) is 0 Å². The molecule has 1 N–H and O–H groups in total. The Morgan fingerprint density at radius 2 is 2.36 bits per heavy atom. The summed E-state index contributed by atoms with van der Waals surface area (Å²) in [6, 6.07) is 0. The van der Waals surface area contributed by atoms with Gasteiger partial charge in [0.2, 0.25) is 5.91 Å². The van der Waals surface area contributed by atoms with Crippen LogP contribution < -0.4 is 5.32 Å². The van der Waals surface area contributed by atoms with Crippen molar-refractivity contribution in [2.45, 2.75) is 27.2 Å². The first-order valence-electron chi connectivity index (χ1n) is 5.24. The molecule has 1 amide bonds. The molecule has 0 radical (unpaired) electrons. The molecule has 2 heteroatoms. The van der Waals surface area contributed by atoms with Gasteiger partial charge in [0.1, 0.15) is 0 Å². The molecule has 0 fully saturated rings. The summed E-state index contributed by atoms with van der Waals surface area (Å²) in [6.45, 7) is 6.67. The summed E-state index contributed by atoms with van der Waals surface area (Å²) in [4.78, 5) is 11.3. The van der Waals surface area contributed by atoms with E-state index in [1.54, 1.807) is 0 Å². The van der Waals surface area contributed by atoms with Crippen LogP contribution in [0.1, 0.15) is 27.2 Å². The highest BCUT2D eigenvalue weighted by Crippen LogP contribution is 2.14. The standard InChI is InChI=1S/C12H19NO/c1-9(2)12(14)13-8-11-6-4-10(3)5-7-11/h4,6-7,9-10H,5,8H2,1-3H3,(H,13,14). The Morgan fingerprint density at radius 1 is 1.64 bits per heavy atom. The topological polar surface area (TPSA) is 29.1 Å². The Kier molecular flexibility index (Phi) is 3.93. The highest BCUT2D eigenvalue weighted by molar-refractivity contribution is 5.78. The summed E-state index contributed by atoms with van der Waals surface area (Å²) in [6.07, 6.45) is 7.58. The van der Waals surface area contributed by atoms with Gasteiger partial charge in [0.25, 0.3) is 0 Å². The smallest absolute Gasteiger partial charge is 0.222 e. The van der Waals surface area contributed by atoms with E-state index in [0.717, 1.165) is 6.42 Å². The summed E-state index contributed by atoms with van der Waals surface area (Å²) >= 11 is 0. The number of hydrogen-bond acceptors (Lipinski definition) is 1. The van der Waals surface area contributed by atoms with Crippen LogP contribution in [0, 0.1) is 11.8 Å². The van der Waals surface area contributed by atoms with E-state index in [4.69, 9.17) is 0 Å². The van der Waals surface area contributed by atoms with Crippen molar-refractivity contribution in [2.75, 3.05) is 6.54 Å². The SMILES string of the molecule is CC1C=CC(CNC(=O)C(C)C)=CC1. The van der Waals surface area contributed by atoms with Crippen LogP contribution in [0.3, 0.4) is 0 Å². The average molecular weight is 193 g/mol. The Balaban J connectivity index is 2.33. The third-order valence-electron chi connectivity index (χ3n) is 2.38. The molecule has 1 aliphatic carbocycles. The van der Waals surface area contributed by atoms with E-state index in [9.17, 15) is 4.79 Å². The molecule has 14 heavy (non-hydrogen) atoms. The van der Waals surface area contributed by atoms with E-state index in [2.05, 4.69) is 30.5 Å². The van der Waals surface area contributed by atoms with Gasteiger partial charge in [0, 0.05) is 12.5 Å². The van der Waals surface area contributed by atoms with Gasteiger partial charge in [-0.1, -0.05) is 39.0 Å². The molecule has 0 saturated carbocycles. The third-order valence-corrected chi connectivity index (χ3v) is 2.38. The summed E-state index contributed by atoms with van der Waals surface area (Å²) < 4.78 is 0. The van der Waals surface area contributed by atoms with Gasteiger partial charge in [0.15, 0.2) is 0 Å². The maximum atomic E-state index is 11.3. The molecule has 1 rings (SSSR count). The first-order valence-corrected chi connectivity index (χ1v) is 5.24. The van der Waals surface area contributed by atoms with Crippen molar-refractivity contribution in [2.24, 2.45) is 11.8 Å². The third kappa shape index (κ3) is 3.36. The van der Waals surface area contributed by atoms with Gasteiger partial charge < -0.3 is 5.32 Å². The van der Waals surface area contributed by atoms with Crippen LogP contribution in [0.5, 0.6) is 0 Å². The quantitative estimate of drug-likeness (QED) is 0.732. The molecule has 1 aliphatic rings. The Hall–Kier alpha value is -1.05. The lowest BCUT2D eigenvalue weighted by Gasteiger charge is -2.13. The minimum atomic E-state index is 0.0714. The highest BCUT2D eigenvalue weighted by Gasteiger charge is 2.07. The van der Waals surface area contributed by atoms with Crippen LogP contribution in [-0.4, -0.2) is 12.5 Å². The zero-order chi connectivity index (χ0) is 10.6. The fraction of sp³-hybridized carbons (Fsp3) is 0.583. The lowest BCUT2D eigenvalue weighted by Crippen LogP contribution is -2.29. The van der Waals surface area contributed by atoms with Crippen LogP contribution in [0.2, 0.25) is 0 Å². The lowest BCUT2D eigenvalue weighted by molar-refractivity contribution is -0.123. The second-order valence-corrected chi connectivity index (χ2v) is 4.22. The summed E-state index contributed by atoms with van der Waals surface area (Å²) in [7, 11) is 0. The van der Waals surface area contributed by atoms with Crippen molar-refractivity contribution in [3.63, 3.8) is 0 Å². The maximum Gasteiger partial charge on any atom is 0.222 e. The highest BCUT2D eigenvalue weighted by atomic mass is 16.1. The minimum Gasteiger partial charge on any atom is -0.352 e. The molecule has 0 aromatic rings. The van der Waals surface area contributed by atoms with Crippen molar-refractivity contribution in [3.05, 3.63) is 23.8 Å². The second-order valence-electron chi connectivity index (χ2n) is 4.22. The maximum absolute atomic E-state index is 11.3. The summed E-state index contributed by atoms with van der Waals surface area (Å²) in [5, 5.41) is 2.91. The van der Waals surface area contributed by atoms with Crippen molar-refractivity contribution in [3.8, 4) is 0 Å². The van der Waals surface area contributed by atoms with Gasteiger partial charge in [-0.25, -0.2) is 0 Å². The van der Waals surface area contributed by atoms with Crippen molar-refractivity contribution >= 4 is 5.91 Å². The van der Waals surface area contributed by atoms with Crippen molar-refractivity contribution < 1.29 is 4.79 Å². The van der Waals surface area contributed by atoms with Gasteiger partial charge in [-0.05, 0) is 17.9 Å². The molecule has 0 saturated heterocycles. The molecular weight excluding hydrogens is 174 g/mol. The zero-order valence-electron chi connectivity index (χ0n) is 9.21. The van der Waals surface area contributed by atoms with E-state index < -0.39 is 0 Å². The van der Waals surface area contributed by atoms with E-state index in [1.165, 1.54) is 5.57 Å². The van der Waals surface area contributed by atoms with Crippen LogP contribution >= 0.6 is 0 Å². The normalized spacial score (nSPS) is 20.9. The minimum absolute atomic E-state index is 0.0714. The van der Waals surface area contributed by atoms with Crippen molar-refractivity contribution in [1.82, 2.24) is 5.32 Å². The molecule has 1 atom stereocenters. The molecular formula is C12H19NO. The molecule has 0 heterocycles. The van der Waals surface area contributed by atoms with E-state index in [1.807, 2.05) is 13.8 Å². The lowest BCUT2D eigenvalue weighted by atomic mass is 9.98. The van der Waals surface area contributed by atoms with Gasteiger partial charge in [-0.15, -0.1) is 0 Å². The zero-order valence-corrected chi connectivity index (χ0v) is 9.21. The monoisotopic (exact) mass is 193 g/mol. The molecule has 1 unspecified atom stereocenters. The van der Waals surface area contributed by atoms with Crippen molar-refractivity contribution in [1.29, 1.82) is 0 Å². The van der Waals surface area contributed by atoms with Gasteiger partial charge in [-0.3, -0.25) is 4.79 Å². The first-order chi connectivity index (χ1) is 6.59. The van der Waals surface area contributed by atoms with Gasteiger partial charge in [-0.2, -0.15) is 0 Å². The predicted octanol–water partition coefficient (Wildman–Crippen LogP) is 2.28. The van der Waals surface area contributed by atoms with E-state index in [0.29, 0.717) is 12.5 Å². The number of amides is 1. The predicted molar refractivity (Wildman–Crippen MR) is 58.9 cm³/mol. The molecule has 0 bridgehead atoms.